The average Bonchev–Trinajstić information content (AvgIpc) is 2.65. The molecule has 0 aromatic carbocycles. The molecule has 3 N–H and O–H groups in total. The van der Waals surface area contributed by atoms with E-state index in [1.165, 1.54) is 5.56 Å². The Bertz CT molecular complexity index is 307. The van der Waals surface area contributed by atoms with Crippen LogP contribution in [-0.2, 0) is 7.05 Å². The molecule has 6 nitrogen and oxygen atoms in total. The third kappa shape index (κ3) is 3.06. The van der Waals surface area contributed by atoms with Crippen molar-refractivity contribution in [1.82, 2.24) is 26.3 Å². The number of hydrazone groups is 1. The number of nitrogens with zero attached hydrogens (tertiary/aromatic N) is 3. The van der Waals surface area contributed by atoms with Crippen LogP contribution >= 0.6 is 0 Å². The third-order valence-electron chi connectivity index (χ3n) is 1.78. The molecule has 0 saturated heterocycles. The highest BCUT2D eigenvalue weighted by atomic mass is 15.8. The van der Waals surface area contributed by atoms with Gasteiger partial charge in [0.2, 0.25) is 0 Å². The molecular weight excluding hydrogens is 180 g/mol. The number of amidine groups is 1. The standard InChI is InChI=1S/C6H10N2.C2H6N4/c1-5-4-8(3)7-6(5)2;1-2-3-5-6-4-2/h4H,1-3H3;5-6H,1H3,(H,3,4). The third-order valence-corrected chi connectivity index (χ3v) is 1.78. The van der Waals surface area contributed by atoms with E-state index in [-0.39, 0.29) is 0 Å². The summed E-state index contributed by atoms with van der Waals surface area (Å²) >= 11 is 0. The van der Waals surface area contributed by atoms with Gasteiger partial charge in [-0.05, 0) is 26.3 Å². The van der Waals surface area contributed by atoms with Crippen molar-refractivity contribution < 1.29 is 0 Å². The van der Waals surface area contributed by atoms with Crippen LogP contribution < -0.4 is 16.5 Å². The molecule has 0 bridgehead atoms. The predicted octanol–water partition coefficient (Wildman–Crippen LogP) is -0.0309. The number of aryl methyl sites for hydroxylation is 3. The second kappa shape index (κ2) is 4.61. The van der Waals surface area contributed by atoms with Crippen LogP contribution in [0.3, 0.4) is 0 Å². The van der Waals surface area contributed by atoms with Gasteiger partial charge >= 0.3 is 0 Å². The van der Waals surface area contributed by atoms with Crippen LogP contribution in [0.1, 0.15) is 18.2 Å². The number of hydrazine groups is 2. The second-order valence-corrected chi connectivity index (χ2v) is 3.13. The van der Waals surface area contributed by atoms with E-state index in [0.717, 1.165) is 11.5 Å². The lowest BCUT2D eigenvalue weighted by Gasteiger charge is -1.87. The van der Waals surface area contributed by atoms with Gasteiger partial charge in [0.05, 0.1) is 5.69 Å². The van der Waals surface area contributed by atoms with Gasteiger partial charge in [-0.1, -0.05) is 0 Å². The molecule has 1 aliphatic rings. The van der Waals surface area contributed by atoms with Crippen molar-refractivity contribution in [1.29, 1.82) is 0 Å². The first-order chi connectivity index (χ1) is 6.59. The van der Waals surface area contributed by atoms with Crippen LogP contribution in [0.5, 0.6) is 0 Å². The fourth-order valence-electron chi connectivity index (χ4n) is 0.976. The Balaban J connectivity index is 0.000000146. The van der Waals surface area contributed by atoms with E-state index in [1.807, 2.05) is 31.8 Å². The number of rotatable bonds is 0. The number of aromatic nitrogens is 2. The Morgan fingerprint density at radius 1 is 1.29 bits per heavy atom. The molecule has 1 aromatic heterocycles. The Morgan fingerprint density at radius 2 is 2.00 bits per heavy atom. The van der Waals surface area contributed by atoms with E-state index >= 15 is 0 Å². The van der Waals surface area contributed by atoms with Gasteiger partial charge in [-0.2, -0.15) is 5.10 Å². The fourth-order valence-corrected chi connectivity index (χ4v) is 0.976. The zero-order chi connectivity index (χ0) is 10.6. The van der Waals surface area contributed by atoms with Crippen LogP contribution in [0, 0.1) is 13.8 Å². The lowest BCUT2D eigenvalue weighted by atomic mass is 10.3. The molecule has 2 heterocycles. The summed E-state index contributed by atoms with van der Waals surface area (Å²) in [7, 11) is 1.93. The van der Waals surface area contributed by atoms with E-state index in [0.29, 0.717) is 0 Å². The molecule has 14 heavy (non-hydrogen) atoms. The molecule has 0 saturated carbocycles. The van der Waals surface area contributed by atoms with Crippen molar-refractivity contribution in [3.8, 4) is 0 Å². The van der Waals surface area contributed by atoms with Gasteiger partial charge in [0, 0.05) is 13.2 Å². The summed E-state index contributed by atoms with van der Waals surface area (Å²) in [4.78, 5) is 0. The van der Waals surface area contributed by atoms with Crippen molar-refractivity contribution in [3.05, 3.63) is 17.5 Å². The topological polar surface area (TPSA) is 66.3 Å². The minimum Gasteiger partial charge on any atom is -0.289 e. The minimum absolute atomic E-state index is 0.856. The molecular formula is C8H16N6. The van der Waals surface area contributed by atoms with E-state index in [1.54, 1.807) is 0 Å². The molecule has 0 amide bonds. The molecule has 2 rings (SSSR count). The molecule has 0 aliphatic carbocycles. The largest absolute Gasteiger partial charge is 0.289 e. The van der Waals surface area contributed by atoms with Crippen LogP contribution in [0.25, 0.3) is 0 Å². The Morgan fingerprint density at radius 3 is 2.14 bits per heavy atom. The maximum absolute atomic E-state index is 4.13. The summed E-state index contributed by atoms with van der Waals surface area (Å²) in [5, 5.41) is 7.81. The van der Waals surface area contributed by atoms with Crippen molar-refractivity contribution in [2.24, 2.45) is 12.1 Å². The van der Waals surface area contributed by atoms with Crippen LogP contribution in [0.4, 0.5) is 0 Å². The molecule has 0 fully saturated rings. The van der Waals surface area contributed by atoms with Gasteiger partial charge in [-0.25, -0.2) is 5.53 Å². The Kier molecular flexibility index (Phi) is 3.47. The normalized spacial score (nSPS) is 13.6. The van der Waals surface area contributed by atoms with E-state index < -0.39 is 0 Å². The molecule has 6 heteroatoms. The van der Waals surface area contributed by atoms with Gasteiger partial charge in [-0.3, -0.25) is 10.1 Å². The summed E-state index contributed by atoms with van der Waals surface area (Å²) in [6.07, 6.45) is 2.01. The minimum atomic E-state index is 0.856. The number of nitrogens with one attached hydrogen (secondary N) is 3. The highest BCUT2D eigenvalue weighted by Crippen LogP contribution is 1.99. The molecule has 78 valence electrons. The predicted molar refractivity (Wildman–Crippen MR) is 55.2 cm³/mol. The zero-order valence-electron chi connectivity index (χ0n) is 8.92. The van der Waals surface area contributed by atoms with Crippen LogP contribution in [-0.4, -0.2) is 15.6 Å². The smallest absolute Gasteiger partial charge is 0.136 e. The first-order valence-corrected chi connectivity index (χ1v) is 4.36. The average molecular weight is 196 g/mol. The summed E-state index contributed by atoms with van der Waals surface area (Å²) in [5.41, 5.74) is 10.2. The molecule has 1 aliphatic heterocycles. The lowest BCUT2D eigenvalue weighted by molar-refractivity contribution is 0.577. The fraction of sp³-hybridized carbons (Fsp3) is 0.500. The second-order valence-electron chi connectivity index (χ2n) is 3.13. The highest BCUT2D eigenvalue weighted by Gasteiger charge is 1.92. The van der Waals surface area contributed by atoms with Crippen molar-refractivity contribution in [2.45, 2.75) is 20.8 Å². The molecule has 0 spiro atoms. The van der Waals surface area contributed by atoms with E-state index in [4.69, 9.17) is 0 Å². The quantitative estimate of drug-likeness (QED) is 0.545. The first-order valence-electron chi connectivity index (χ1n) is 4.36. The maximum Gasteiger partial charge on any atom is 0.136 e. The Hall–Kier alpha value is -1.56. The van der Waals surface area contributed by atoms with Gasteiger partial charge in [0.15, 0.2) is 0 Å². The van der Waals surface area contributed by atoms with Crippen molar-refractivity contribution >= 4 is 5.84 Å². The molecule has 0 atom stereocenters. The van der Waals surface area contributed by atoms with Crippen LogP contribution in [0.15, 0.2) is 11.3 Å². The van der Waals surface area contributed by atoms with Crippen molar-refractivity contribution in [2.75, 3.05) is 0 Å². The summed E-state index contributed by atoms with van der Waals surface area (Å²) in [6, 6.07) is 0. The van der Waals surface area contributed by atoms with Gasteiger partial charge < -0.3 is 0 Å². The number of hydrogen-bond acceptors (Lipinski definition) is 5. The van der Waals surface area contributed by atoms with E-state index in [2.05, 4.69) is 33.6 Å². The monoisotopic (exact) mass is 196 g/mol. The molecule has 0 unspecified atom stereocenters. The lowest BCUT2D eigenvalue weighted by Crippen LogP contribution is -2.33. The first kappa shape index (κ1) is 10.5. The summed E-state index contributed by atoms with van der Waals surface area (Å²) < 4.78 is 1.82. The van der Waals surface area contributed by atoms with Gasteiger partial charge in [0.25, 0.3) is 0 Å². The molecule has 0 radical (unpaired) electrons. The maximum atomic E-state index is 4.13. The van der Waals surface area contributed by atoms with Gasteiger partial charge in [0.1, 0.15) is 5.84 Å². The SMILES string of the molecule is CC1=NNNN1.Cc1cn(C)nc1C. The van der Waals surface area contributed by atoms with Gasteiger partial charge in [-0.15, -0.1) is 10.6 Å². The number of hydrogen-bond donors (Lipinski definition) is 3. The zero-order valence-corrected chi connectivity index (χ0v) is 8.92. The Labute approximate surface area is 83.3 Å². The summed E-state index contributed by atoms with van der Waals surface area (Å²) in [6.45, 7) is 5.92. The van der Waals surface area contributed by atoms with E-state index in [9.17, 15) is 0 Å². The highest BCUT2D eigenvalue weighted by molar-refractivity contribution is 5.79. The van der Waals surface area contributed by atoms with Crippen molar-refractivity contribution in [3.63, 3.8) is 0 Å². The summed E-state index contributed by atoms with van der Waals surface area (Å²) in [5.74, 6) is 0.856. The molecule has 1 aromatic rings. The van der Waals surface area contributed by atoms with Crippen LogP contribution in [0.2, 0.25) is 0 Å².